The molecule has 0 N–H and O–H groups in total. The van der Waals surface area contributed by atoms with E-state index in [2.05, 4.69) is 25.3 Å². The zero-order valence-electron chi connectivity index (χ0n) is 18.3. The average Bonchev–Trinajstić information content (AvgIpc) is 3.15. The van der Waals surface area contributed by atoms with Gasteiger partial charge in [0.2, 0.25) is 0 Å². The molecule has 2 fully saturated rings. The second-order valence-electron chi connectivity index (χ2n) is 8.96. The minimum atomic E-state index is -4.27. The number of hydrogen-bond acceptors (Lipinski definition) is 6. The molecular weight excluding hydrogens is 449 g/mol. The zero-order valence-corrected chi connectivity index (χ0v) is 19.1. The van der Waals surface area contributed by atoms with E-state index in [-0.39, 0.29) is 5.41 Å². The van der Waals surface area contributed by atoms with Gasteiger partial charge in [-0.15, -0.1) is 10.2 Å². The summed E-state index contributed by atoms with van der Waals surface area (Å²) >= 11 is 1.70. The molecule has 0 radical (unpaired) electrons. The molecule has 1 saturated carbocycles. The number of halogens is 3. The number of benzene rings is 1. The Bertz CT molecular complexity index is 1100. The van der Waals surface area contributed by atoms with Gasteiger partial charge in [0.25, 0.3) is 0 Å². The Morgan fingerprint density at radius 1 is 1.12 bits per heavy atom. The fourth-order valence-electron chi connectivity index (χ4n) is 4.92. The predicted octanol–water partition coefficient (Wildman–Crippen LogP) is 4.65. The fraction of sp³-hybridized carbons (Fsp3) is 0.478. The van der Waals surface area contributed by atoms with Gasteiger partial charge in [-0.25, -0.2) is 0 Å². The van der Waals surface area contributed by atoms with Crippen LogP contribution in [0.15, 0.2) is 47.9 Å². The maximum atomic E-state index is 12.8. The molecule has 1 aromatic carbocycles. The molecule has 10 heteroatoms. The van der Waals surface area contributed by atoms with E-state index >= 15 is 0 Å². The summed E-state index contributed by atoms with van der Waals surface area (Å²) in [6.07, 6.45) is 2.29. The van der Waals surface area contributed by atoms with E-state index in [1.807, 2.05) is 17.7 Å². The van der Waals surface area contributed by atoms with Crippen LogP contribution in [0.25, 0.3) is 11.4 Å². The molecule has 174 valence electrons. The van der Waals surface area contributed by atoms with Crippen molar-refractivity contribution in [3.63, 3.8) is 0 Å². The number of hydrogen-bond donors (Lipinski definition) is 0. The largest absolute Gasteiger partial charge is 0.416 e. The summed E-state index contributed by atoms with van der Waals surface area (Å²) in [5.74, 6) is 2.11. The summed E-state index contributed by atoms with van der Waals surface area (Å²) in [6, 6.07) is 7.63. The smallest absolute Gasteiger partial charge is 0.305 e. The van der Waals surface area contributed by atoms with Crippen molar-refractivity contribution >= 4 is 11.8 Å². The molecule has 1 spiro atoms. The molecule has 2 aromatic heterocycles. The van der Waals surface area contributed by atoms with Crippen molar-refractivity contribution in [1.29, 1.82) is 0 Å². The lowest BCUT2D eigenvalue weighted by atomic mass is 9.97. The second kappa shape index (κ2) is 8.72. The first-order valence-electron chi connectivity index (χ1n) is 11.0. The van der Waals surface area contributed by atoms with Crippen LogP contribution in [0.5, 0.6) is 0 Å². The van der Waals surface area contributed by atoms with E-state index in [0.717, 1.165) is 66.8 Å². The molecule has 3 heterocycles. The maximum Gasteiger partial charge on any atom is 0.416 e. The Hall–Kier alpha value is -2.46. The first kappa shape index (κ1) is 22.3. The zero-order chi connectivity index (χ0) is 23.1. The van der Waals surface area contributed by atoms with Gasteiger partial charge >= 0.3 is 6.18 Å². The van der Waals surface area contributed by atoms with Gasteiger partial charge in [-0.3, -0.25) is 0 Å². The van der Waals surface area contributed by atoms with E-state index in [1.54, 1.807) is 36.3 Å². The van der Waals surface area contributed by atoms with Gasteiger partial charge in [0.1, 0.15) is 0 Å². The fourth-order valence-corrected chi connectivity index (χ4v) is 5.75. The first-order chi connectivity index (χ1) is 15.9. The molecular formula is C23H25F3N6S. The summed E-state index contributed by atoms with van der Waals surface area (Å²) < 4.78 is 40.4. The molecule has 3 aromatic rings. The number of aromatic nitrogens is 5. The minimum Gasteiger partial charge on any atom is -0.305 e. The minimum absolute atomic E-state index is 0.254. The van der Waals surface area contributed by atoms with Gasteiger partial charge in [0.15, 0.2) is 11.0 Å². The van der Waals surface area contributed by atoms with Crippen LogP contribution in [-0.2, 0) is 13.2 Å². The SMILES string of the molecule is Cn1c(SCCCN2CC[C@]3(CC3c3ccc(C(F)(F)F)cc3)C2)nnc1-c1ccnnc1. The van der Waals surface area contributed by atoms with Gasteiger partial charge in [-0.1, -0.05) is 23.9 Å². The average molecular weight is 475 g/mol. The Balaban J connectivity index is 1.09. The number of likely N-dealkylation sites (tertiary alicyclic amines) is 1. The van der Waals surface area contributed by atoms with E-state index < -0.39 is 11.7 Å². The molecule has 0 bridgehead atoms. The predicted molar refractivity (Wildman–Crippen MR) is 120 cm³/mol. The van der Waals surface area contributed by atoms with Crippen LogP contribution in [0.4, 0.5) is 13.2 Å². The molecule has 2 atom stereocenters. The highest BCUT2D eigenvalue weighted by molar-refractivity contribution is 7.99. The van der Waals surface area contributed by atoms with Crippen molar-refractivity contribution in [2.24, 2.45) is 12.5 Å². The molecule has 33 heavy (non-hydrogen) atoms. The summed E-state index contributed by atoms with van der Waals surface area (Å²) in [6.45, 7) is 3.12. The number of nitrogens with zero attached hydrogens (tertiary/aromatic N) is 6. The second-order valence-corrected chi connectivity index (χ2v) is 10.0. The molecule has 1 saturated heterocycles. The number of alkyl halides is 3. The van der Waals surface area contributed by atoms with Crippen LogP contribution >= 0.6 is 11.8 Å². The third-order valence-corrected chi connectivity index (χ3v) is 7.93. The van der Waals surface area contributed by atoms with Crippen LogP contribution in [0.3, 0.4) is 0 Å². The summed E-state index contributed by atoms with van der Waals surface area (Å²) in [7, 11) is 1.96. The normalized spacial score (nSPS) is 22.8. The van der Waals surface area contributed by atoms with E-state index in [4.69, 9.17) is 0 Å². The highest BCUT2D eigenvalue weighted by Crippen LogP contribution is 2.64. The van der Waals surface area contributed by atoms with Gasteiger partial charge in [0, 0.05) is 24.9 Å². The lowest BCUT2D eigenvalue weighted by molar-refractivity contribution is -0.137. The topological polar surface area (TPSA) is 59.7 Å². The van der Waals surface area contributed by atoms with Crippen LogP contribution < -0.4 is 0 Å². The highest BCUT2D eigenvalue weighted by Gasteiger charge is 2.57. The third-order valence-electron chi connectivity index (χ3n) is 6.82. The van der Waals surface area contributed by atoms with Crippen LogP contribution in [-0.4, -0.2) is 55.2 Å². The summed E-state index contributed by atoms with van der Waals surface area (Å²) in [4.78, 5) is 2.50. The molecule has 5 rings (SSSR count). The van der Waals surface area contributed by atoms with Gasteiger partial charge in [-0.2, -0.15) is 23.4 Å². The standard InChI is InChI=1S/C23H25F3N6S/c1-31-20(17-7-9-27-28-14-17)29-30-21(31)33-12-2-10-32-11-8-22(15-32)13-19(22)16-3-5-18(6-4-16)23(24,25)26/h3-7,9,14,19H,2,8,10-13,15H2,1H3/t19?,22-/m0/s1. The van der Waals surface area contributed by atoms with Crippen molar-refractivity contribution in [3.8, 4) is 11.4 Å². The highest BCUT2D eigenvalue weighted by atomic mass is 32.2. The molecule has 2 aliphatic rings. The van der Waals surface area contributed by atoms with Crippen LogP contribution in [0, 0.1) is 5.41 Å². The van der Waals surface area contributed by atoms with E-state index in [9.17, 15) is 13.2 Å². The number of rotatable bonds is 7. The van der Waals surface area contributed by atoms with Crippen molar-refractivity contribution in [1.82, 2.24) is 29.9 Å². The molecule has 1 aliphatic carbocycles. The Labute approximate surface area is 194 Å². The Kier molecular flexibility index (Phi) is 5.90. The first-order valence-corrected chi connectivity index (χ1v) is 12.0. The van der Waals surface area contributed by atoms with E-state index in [0.29, 0.717) is 5.92 Å². The summed E-state index contributed by atoms with van der Waals surface area (Å²) in [5.41, 5.74) is 1.62. The maximum absolute atomic E-state index is 12.8. The molecule has 1 unspecified atom stereocenters. The van der Waals surface area contributed by atoms with Crippen molar-refractivity contribution < 1.29 is 13.2 Å². The Morgan fingerprint density at radius 2 is 1.94 bits per heavy atom. The van der Waals surface area contributed by atoms with Gasteiger partial charge < -0.3 is 9.47 Å². The summed E-state index contributed by atoms with van der Waals surface area (Å²) in [5, 5.41) is 17.2. The molecule has 0 amide bonds. The molecule has 1 aliphatic heterocycles. The van der Waals surface area contributed by atoms with Gasteiger partial charge in [0.05, 0.1) is 18.0 Å². The third kappa shape index (κ3) is 4.63. The van der Waals surface area contributed by atoms with Crippen LogP contribution in [0.1, 0.15) is 36.3 Å². The van der Waals surface area contributed by atoms with Crippen LogP contribution in [0.2, 0.25) is 0 Å². The van der Waals surface area contributed by atoms with Crippen molar-refractivity contribution in [2.45, 2.75) is 36.5 Å². The lowest BCUT2D eigenvalue weighted by Crippen LogP contribution is -2.23. The van der Waals surface area contributed by atoms with Crippen molar-refractivity contribution in [2.75, 3.05) is 25.4 Å². The number of thioether (sulfide) groups is 1. The lowest BCUT2D eigenvalue weighted by Gasteiger charge is -2.16. The monoisotopic (exact) mass is 474 g/mol. The quantitative estimate of drug-likeness (QED) is 0.367. The van der Waals surface area contributed by atoms with Crippen molar-refractivity contribution in [3.05, 3.63) is 53.9 Å². The van der Waals surface area contributed by atoms with Gasteiger partial charge in [-0.05, 0) is 67.4 Å². The Morgan fingerprint density at radius 3 is 2.67 bits per heavy atom. The molecule has 6 nitrogen and oxygen atoms in total. The van der Waals surface area contributed by atoms with E-state index in [1.165, 1.54) is 12.1 Å².